The zero-order valence-corrected chi connectivity index (χ0v) is 19.6. The molecule has 0 saturated carbocycles. The van der Waals surface area contributed by atoms with E-state index in [1.165, 1.54) is 17.7 Å². The van der Waals surface area contributed by atoms with Gasteiger partial charge in [-0.05, 0) is 51.8 Å². The lowest BCUT2D eigenvalue weighted by Gasteiger charge is -2.18. The third kappa shape index (κ3) is 7.15. The summed E-state index contributed by atoms with van der Waals surface area (Å²) in [6, 6.07) is 0.0743. The smallest absolute Gasteiger partial charge is 0.315 e. The number of hydrogen-bond donors (Lipinski definition) is 0. The lowest BCUT2D eigenvalue weighted by molar-refractivity contribution is -0.154. The standard InChI is InChI=1S/C24H28FN3O3S/c1-6-17(25)9-7-15(2)11-16-8-10-18-19(12-16)32-22(26-18)13-20-27-28-21(30-20)14-23(29)31-24(3,4)5/h6-10,12,18-19H,1,11,13-14H2,2-5H3/b15-7+,17-9+. The first-order valence-corrected chi connectivity index (χ1v) is 11.3. The molecule has 170 valence electrons. The quantitative estimate of drug-likeness (QED) is 0.392. The molecule has 1 aliphatic heterocycles. The summed E-state index contributed by atoms with van der Waals surface area (Å²) in [6.07, 6.45) is 11.9. The Kier molecular flexibility index (Phi) is 7.66. The van der Waals surface area contributed by atoms with Gasteiger partial charge in [-0.25, -0.2) is 4.39 Å². The molecule has 8 heteroatoms. The molecule has 2 atom stereocenters. The summed E-state index contributed by atoms with van der Waals surface area (Å²) in [5, 5.41) is 9.11. The third-order valence-corrected chi connectivity index (χ3v) is 5.73. The van der Waals surface area contributed by atoms with Gasteiger partial charge in [0.05, 0.1) is 22.8 Å². The van der Waals surface area contributed by atoms with Crippen LogP contribution in [0.5, 0.6) is 0 Å². The van der Waals surface area contributed by atoms with Gasteiger partial charge in [-0.1, -0.05) is 36.5 Å². The summed E-state index contributed by atoms with van der Waals surface area (Å²) < 4.78 is 24.1. The number of hydrogen-bond acceptors (Lipinski definition) is 7. The Balaban J connectivity index is 1.55. The van der Waals surface area contributed by atoms with Crippen molar-refractivity contribution in [1.82, 2.24) is 10.2 Å². The van der Waals surface area contributed by atoms with E-state index in [9.17, 15) is 9.18 Å². The van der Waals surface area contributed by atoms with Gasteiger partial charge in [0.15, 0.2) is 0 Å². The molecule has 0 fully saturated rings. The van der Waals surface area contributed by atoms with Gasteiger partial charge in [-0.15, -0.1) is 22.0 Å². The van der Waals surface area contributed by atoms with Crippen molar-refractivity contribution in [3.8, 4) is 0 Å². The molecule has 2 heterocycles. The van der Waals surface area contributed by atoms with Gasteiger partial charge in [0.1, 0.15) is 17.8 Å². The van der Waals surface area contributed by atoms with Crippen LogP contribution in [0.25, 0.3) is 0 Å². The maximum Gasteiger partial charge on any atom is 0.315 e. The van der Waals surface area contributed by atoms with Crippen LogP contribution in [0.15, 0.2) is 69.4 Å². The molecule has 1 aromatic rings. The fourth-order valence-corrected chi connectivity index (χ4v) is 4.45. The maximum absolute atomic E-state index is 13.2. The van der Waals surface area contributed by atoms with Gasteiger partial charge < -0.3 is 9.15 Å². The molecule has 3 rings (SSSR count). The van der Waals surface area contributed by atoms with Gasteiger partial charge in [-0.3, -0.25) is 9.79 Å². The zero-order chi connectivity index (χ0) is 23.3. The molecule has 0 amide bonds. The van der Waals surface area contributed by atoms with Gasteiger partial charge in [0.25, 0.3) is 0 Å². The highest BCUT2D eigenvalue weighted by molar-refractivity contribution is 8.14. The first-order valence-electron chi connectivity index (χ1n) is 10.4. The van der Waals surface area contributed by atoms with Crippen molar-refractivity contribution in [2.24, 2.45) is 4.99 Å². The summed E-state index contributed by atoms with van der Waals surface area (Å²) in [4.78, 5) is 16.7. The van der Waals surface area contributed by atoms with Crippen LogP contribution in [0.4, 0.5) is 4.39 Å². The Labute approximate surface area is 192 Å². The van der Waals surface area contributed by atoms with Crippen molar-refractivity contribution in [2.75, 3.05) is 0 Å². The summed E-state index contributed by atoms with van der Waals surface area (Å²) in [7, 11) is 0. The molecule has 0 radical (unpaired) electrons. The Morgan fingerprint density at radius 3 is 2.75 bits per heavy atom. The van der Waals surface area contributed by atoms with Crippen LogP contribution in [-0.4, -0.2) is 38.1 Å². The summed E-state index contributed by atoms with van der Waals surface area (Å²) >= 11 is 1.67. The lowest BCUT2D eigenvalue weighted by Crippen LogP contribution is -2.25. The number of ether oxygens (including phenoxy) is 1. The summed E-state index contributed by atoms with van der Waals surface area (Å²) in [6.45, 7) is 10.8. The van der Waals surface area contributed by atoms with Crippen molar-refractivity contribution in [3.63, 3.8) is 0 Å². The molecule has 0 bridgehead atoms. The van der Waals surface area contributed by atoms with E-state index in [1.54, 1.807) is 17.8 Å². The number of aromatic nitrogens is 2. The number of thioether (sulfide) groups is 1. The first kappa shape index (κ1) is 23.9. The molecule has 0 N–H and O–H groups in total. The topological polar surface area (TPSA) is 77.6 Å². The van der Waals surface area contributed by atoms with Crippen molar-refractivity contribution in [2.45, 2.75) is 63.9 Å². The molecule has 0 spiro atoms. The molecular weight excluding hydrogens is 429 g/mol. The van der Waals surface area contributed by atoms with Crippen LogP contribution in [-0.2, 0) is 22.4 Å². The molecule has 1 aromatic heterocycles. The highest BCUT2D eigenvalue weighted by Gasteiger charge is 2.30. The second-order valence-corrected chi connectivity index (χ2v) is 9.92. The van der Waals surface area contributed by atoms with E-state index in [2.05, 4.69) is 35.0 Å². The van der Waals surface area contributed by atoms with Gasteiger partial charge in [0.2, 0.25) is 11.8 Å². The Hall–Kier alpha value is -2.74. The van der Waals surface area contributed by atoms with Crippen molar-refractivity contribution in [3.05, 3.63) is 71.8 Å². The Bertz CT molecular complexity index is 1030. The number of allylic oxidation sites excluding steroid dienone is 7. The van der Waals surface area contributed by atoms with Crippen molar-refractivity contribution >= 4 is 22.8 Å². The number of aliphatic imine (C=N–C) groups is 1. The van der Waals surface area contributed by atoms with E-state index < -0.39 is 11.6 Å². The molecule has 32 heavy (non-hydrogen) atoms. The average Bonchev–Trinajstić information content (AvgIpc) is 3.30. The van der Waals surface area contributed by atoms with Crippen LogP contribution in [0.2, 0.25) is 0 Å². The van der Waals surface area contributed by atoms with E-state index >= 15 is 0 Å². The number of esters is 1. The molecule has 0 saturated heterocycles. The van der Waals surface area contributed by atoms with Gasteiger partial charge in [-0.2, -0.15) is 0 Å². The number of nitrogens with zero attached hydrogens (tertiary/aromatic N) is 3. The second-order valence-electron chi connectivity index (χ2n) is 8.67. The van der Waals surface area contributed by atoms with Crippen LogP contribution >= 0.6 is 11.8 Å². The van der Waals surface area contributed by atoms with Crippen LogP contribution in [0, 0.1) is 0 Å². The summed E-state index contributed by atoms with van der Waals surface area (Å²) in [5.41, 5.74) is 1.68. The normalized spacial score (nSPS) is 21.2. The number of carbonyl (C=O) groups excluding carboxylic acids is 1. The highest BCUT2D eigenvalue weighted by Crippen LogP contribution is 2.35. The summed E-state index contributed by atoms with van der Waals surface area (Å²) in [5.74, 6) is -0.0867. The largest absolute Gasteiger partial charge is 0.460 e. The van der Waals surface area contributed by atoms with E-state index in [4.69, 9.17) is 14.1 Å². The van der Waals surface area contributed by atoms with Gasteiger partial charge >= 0.3 is 5.97 Å². The van der Waals surface area contributed by atoms with E-state index in [0.29, 0.717) is 12.3 Å². The van der Waals surface area contributed by atoms with Crippen molar-refractivity contribution < 1.29 is 18.3 Å². The molecule has 6 nitrogen and oxygen atoms in total. The number of carbonyl (C=O) groups is 1. The minimum Gasteiger partial charge on any atom is -0.460 e. The molecular formula is C24H28FN3O3S. The Morgan fingerprint density at radius 1 is 1.28 bits per heavy atom. The SMILES string of the molecule is C=C/C(F)=C\C=C(/C)CC1=CC2SC(Cc3nnc(CC(=O)OC(C)(C)C)o3)=NC2C=C1. The lowest BCUT2D eigenvalue weighted by atomic mass is 9.97. The van der Waals surface area contributed by atoms with Crippen LogP contribution in [0.3, 0.4) is 0 Å². The minimum absolute atomic E-state index is 0.0528. The average molecular weight is 458 g/mol. The second kappa shape index (κ2) is 10.3. The van der Waals surface area contributed by atoms with Gasteiger partial charge in [0, 0.05) is 0 Å². The maximum atomic E-state index is 13.2. The number of rotatable bonds is 8. The van der Waals surface area contributed by atoms with Crippen LogP contribution < -0.4 is 0 Å². The van der Waals surface area contributed by atoms with E-state index in [-0.39, 0.29) is 29.4 Å². The van der Waals surface area contributed by atoms with E-state index in [1.807, 2.05) is 27.7 Å². The predicted octanol–water partition coefficient (Wildman–Crippen LogP) is 5.25. The van der Waals surface area contributed by atoms with Crippen molar-refractivity contribution in [1.29, 1.82) is 0 Å². The highest BCUT2D eigenvalue weighted by atomic mass is 32.2. The monoisotopic (exact) mass is 457 g/mol. The molecule has 2 unspecified atom stereocenters. The third-order valence-electron chi connectivity index (χ3n) is 4.52. The zero-order valence-electron chi connectivity index (χ0n) is 18.8. The van der Waals surface area contributed by atoms with Crippen LogP contribution in [0.1, 0.15) is 45.9 Å². The fourth-order valence-electron chi connectivity index (χ4n) is 3.21. The molecule has 0 aromatic carbocycles. The molecule has 1 aliphatic carbocycles. The molecule has 2 aliphatic rings. The minimum atomic E-state index is -0.557. The Morgan fingerprint density at radius 2 is 2.03 bits per heavy atom. The number of halogens is 1. The predicted molar refractivity (Wildman–Crippen MR) is 125 cm³/mol. The first-order chi connectivity index (χ1) is 15.1. The fraction of sp³-hybridized carbons (Fsp3) is 0.417. The van der Waals surface area contributed by atoms with E-state index in [0.717, 1.165) is 17.0 Å². The number of fused-ring (bicyclic) bond motifs is 1.